The van der Waals surface area contributed by atoms with Crippen molar-refractivity contribution in [2.24, 2.45) is 5.92 Å². The Morgan fingerprint density at radius 1 is 1.56 bits per heavy atom. The van der Waals surface area contributed by atoms with E-state index in [2.05, 4.69) is 9.97 Å². The summed E-state index contributed by atoms with van der Waals surface area (Å²) in [7, 11) is 0. The van der Waals surface area contributed by atoms with Gasteiger partial charge in [0.05, 0.1) is 25.3 Å². The van der Waals surface area contributed by atoms with Crippen molar-refractivity contribution in [3.05, 3.63) is 23.8 Å². The molecule has 0 saturated heterocycles. The normalized spacial score (nSPS) is 16.3. The number of aromatic nitrogens is 2. The van der Waals surface area contributed by atoms with Gasteiger partial charge in [-0.2, -0.15) is 0 Å². The number of nitrogens with zero attached hydrogens (tertiary/aromatic N) is 2. The fourth-order valence-electron chi connectivity index (χ4n) is 2.11. The molecule has 1 aromatic rings. The molecule has 0 radical (unpaired) electrons. The molecule has 0 spiro atoms. The topological polar surface area (TPSA) is 72.3 Å². The molecule has 1 heterocycles. The van der Waals surface area contributed by atoms with E-state index in [0.717, 1.165) is 18.5 Å². The summed E-state index contributed by atoms with van der Waals surface area (Å²) in [6, 6.07) is 1.78. The van der Waals surface area contributed by atoms with E-state index in [1.54, 1.807) is 13.0 Å². The summed E-state index contributed by atoms with van der Waals surface area (Å²) in [6.45, 7) is 2.10. The number of hydrogen-bond donors (Lipinski definition) is 1. The van der Waals surface area contributed by atoms with Gasteiger partial charge in [0.1, 0.15) is 6.33 Å². The van der Waals surface area contributed by atoms with Crippen LogP contribution in [0, 0.1) is 5.92 Å². The maximum absolute atomic E-state index is 11.6. The largest absolute Gasteiger partial charge is 0.466 e. The molecule has 18 heavy (non-hydrogen) atoms. The Hall–Kier alpha value is -1.49. The molecule has 1 aromatic heterocycles. The molecule has 5 heteroatoms. The molecule has 2 rings (SSSR count). The lowest BCUT2D eigenvalue weighted by molar-refractivity contribution is -0.143. The first-order valence-electron chi connectivity index (χ1n) is 6.32. The van der Waals surface area contributed by atoms with E-state index in [9.17, 15) is 4.79 Å². The molecule has 0 amide bonds. The molecule has 5 nitrogen and oxygen atoms in total. The van der Waals surface area contributed by atoms with Gasteiger partial charge in [0.25, 0.3) is 0 Å². The van der Waals surface area contributed by atoms with E-state index in [0.29, 0.717) is 24.6 Å². The number of aliphatic hydroxyl groups is 1. The van der Waals surface area contributed by atoms with Crippen LogP contribution in [0.15, 0.2) is 12.4 Å². The molecule has 0 aromatic carbocycles. The monoisotopic (exact) mass is 250 g/mol. The van der Waals surface area contributed by atoms with Gasteiger partial charge in [0, 0.05) is 11.6 Å². The van der Waals surface area contributed by atoms with E-state index in [1.165, 1.54) is 6.33 Å². The van der Waals surface area contributed by atoms with Crippen molar-refractivity contribution < 1.29 is 14.6 Å². The van der Waals surface area contributed by atoms with Crippen LogP contribution in [-0.4, -0.2) is 27.7 Å². The Bertz CT molecular complexity index is 418. The number of hydrogen-bond acceptors (Lipinski definition) is 5. The zero-order valence-electron chi connectivity index (χ0n) is 10.5. The van der Waals surface area contributed by atoms with E-state index < -0.39 is 0 Å². The summed E-state index contributed by atoms with van der Waals surface area (Å²) in [5, 5.41) is 9.08. The van der Waals surface area contributed by atoms with Gasteiger partial charge in [-0.15, -0.1) is 0 Å². The summed E-state index contributed by atoms with van der Waals surface area (Å²) in [6.07, 6.45) is 4.06. The third-order valence-electron chi connectivity index (χ3n) is 3.17. The molecule has 1 aliphatic carbocycles. The Morgan fingerprint density at radius 3 is 2.94 bits per heavy atom. The highest BCUT2D eigenvalue weighted by molar-refractivity contribution is 5.70. The number of carbonyl (C=O) groups excluding carboxylic acids is 1. The fraction of sp³-hybridized carbons (Fsp3) is 0.615. The Labute approximate surface area is 106 Å². The molecular formula is C13H18N2O3. The number of ether oxygens (including phenoxy) is 1. The zero-order chi connectivity index (χ0) is 13.0. The molecule has 0 bridgehead atoms. The molecule has 1 unspecified atom stereocenters. The molecule has 0 aliphatic heterocycles. The Morgan fingerprint density at radius 2 is 2.33 bits per heavy atom. The van der Waals surface area contributed by atoms with E-state index in [-0.39, 0.29) is 18.5 Å². The summed E-state index contributed by atoms with van der Waals surface area (Å²) < 4.78 is 5.00. The molecule has 1 N–H and O–H groups in total. The number of aliphatic hydroxyl groups excluding tert-OH is 1. The quantitative estimate of drug-likeness (QED) is 0.773. The summed E-state index contributed by atoms with van der Waals surface area (Å²) in [4.78, 5) is 19.8. The predicted octanol–water partition coefficient (Wildman–Crippen LogP) is 1.42. The van der Waals surface area contributed by atoms with Crippen molar-refractivity contribution in [1.29, 1.82) is 0 Å². The number of rotatable bonds is 6. The zero-order valence-corrected chi connectivity index (χ0v) is 10.5. The van der Waals surface area contributed by atoms with E-state index in [4.69, 9.17) is 9.84 Å². The molecule has 1 saturated carbocycles. The summed E-state index contributed by atoms with van der Waals surface area (Å²) in [5.41, 5.74) is 1.43. The van der Waals surface area contributed by atoms with Gasteiger partial charge in [-0.25, -0.2) is 9.97 Å². The maximum Gasteiger partial charge on any atom is 0.306 e. The van der Waals surface area contributed by atoms with Crippen LogP contribution in [0.1, 0.15) is 43.5 Å². The van der Waals surface area contributed by atoms with Crippen LogP contribution in [0.4, 0.5) is 0 Å². The Balaban J connectivity index is 2.11. The SMILES string of the molecule is CCOC(=O)CC(c1cc(CO)ncn1)C1CC1. The average Bonchev–Trinajstić information content (AvgIpc) is 3.20. The van der Waals surface area contributed by atoms with Crippen molar-refractivity contribution >= 4 is 5.97 Å². The van der Waals surface area contributed by atoms with Gasteiger partial charge in [-0.05, 0) is 31.7 Å². The predicted molar refractivity (Wildman–Crippen MR) is 64.7 cm³/mol. The van der Waals surface area contributed by atoms with Crippen LogP contribution in [0.25, 0.3) is 0 Å². The lowest BCUT2D eigenvalue weighted by Crippen LogP contribution is -2.13. The van der Waals surface area contributed by atoms with Crippen LogP contribution in [0.3, 0.4) is 0 Å². The van der Waals surface area contributed by atoms with Gasteiger partial charge >= 0.3 is 5.97 Å². The van der Waals surface area contributed by atoms with Crippen LogP contribution in [-0.2, 0) is 16.1 Å². The lowest BCUT2D eigenvalue weighted by atomic mass is 9.95. The standard InChI is InChI=1S/C13H18N2O3/c1-2-18-13(17)6-11(9-3-4-9)12-5-10(7-16)14-8-15-12/h5,8-9,11,16H,2-4,6-7H2,1H3. The third-order valence-corrected chi connectivity index (χ3v) is 3.17. The fourth-order valence-corrected chi connectivity index (χ4v) is 2.11. The minimum absolute atomic E-state index is 0.0948. The van der Waals surface area contributed by atoms with Crippen molar-refractivity contribution in [2.45, 2.75) is 38.7 Å². The Kier molecular flexibility index (Phi) is 4.25. The van der Waals surface area contributed by atoms with Crippen LogP contribution in [0.5, 0.6) is 0 Å². The lowest BCUT2D eigenvalue weighted by Gasteiger charge is -2.15. The highest BCUT2D eigenvalue weighted by Crippen LogP contribution is 2.44. The molecule has 98 valence electrons. The van der Waals surface area contributed by atoms with Gasteiger partial charge in [-0.1, -0.05) is 0 Å². The second-order valence-electron chi connectivity index (χ2n) is 4.55. The van der Waals surface area contributed by atoms with Crippen molar-refractivity contribution in [3.8, 4) is 0 Å². The average molecular weight is 250 g/mol. The summed E-state index contributed by atoms with van der Waals surface area (Å²) >= 11 is 0. The minimum Gasteiger partial charge on any atom is -0.466 e. The van der Waals surface area contributed by atoms with Crippen LogP contribution in [0.2, 0.25) is 0 Å². The van der Waals surface area contributed by atoms with Crippen molar-refractivity contribution in [3.63, 3.8) is 0 Å². The molecular weight excluding hydrogens is 232 g/mol. The molecule has 1 aliphatic rings. The molecule has 1 atom stereocenters. The first-order chi connectivity index (χ1) is 8.74. The van der Waals surface area contributed by atoms with Crippen LogP contribution < -0.4 is 0 Å². The number of carbonyl (C=O) groups is 1. The van der Waals surface area contributed by atoms with Gasteiger partial charge in [0.15, 0.2) is 0 Å². The third kappa shape index (κ3) is 3.26. The number of esters is 1. The second kappa shape index (κ2) is 5.91. The summed E-state index contributed by atoms with van der Waals surface area (Å²) in [5.74, 6) is 0.423. The molecule has 1 fully saturated rings. The van der Waals surface area contributed by atoms with Crippen molar-refractivity contribution in [1.82, 2.24) is 9.97 Å². The maximum atomic E-state index is 11.6. The van der Waals surface area contributed by atoms with Crippen molar-refractivity contribution in [2.75, 3.05) is 6.61 Å². The highest BCUT2D eigenvalue weighted by atomic mass is 16.5. The van der Waals surface area contributed by atoms with Gasteiger partial charge in [-0.3, -0.25) is 4.79 Å². The first-order valence-corrected chi connectivity index (χ1v) is 6.32. The smallest absolute Gasteiger partial charge is 0.306 e. The van der Waals surface area contributed by atoms with Gasteiger partial charge in [0.2, 0.25) is 0 Å². The first kappa shape index (κ1) is 13.0. The minimum atomic E-state index is -0.182. The van der Waals surface area contributed by atoms with E-state index in [1.807, 2.05) is 0 Å². The van der Waals surface area contributed by atoms with Gasteiger partial charge < -0.3 is 9.84 Å². The van der Waals surface area contributed by atoms with E-state index >= 15 is 0 Å². The second-order valence-corrected chi connectivity index (χ2v) is 4.55. The highest BCUT2D eigenvalue weighted by Gasteiger charge is 2.35. The van der Waals surface area contributed by atoms with Crippen LogP contribution >= 0.6 is 0 Å².